The van der Waals surface area contributed by atoms with E-state index in [0.717, 1.165) is 15.9 Å². The van der Waals surface area contributed by atoms with Crippen LogP contribution in [-0.4, -0.2) is 39.8 Å². The van der Waals surface area contributed by atoms with E-state index in [1.807, 2.05) is 0 Å². The predicted octanol–water partition coefficient (Wildman–Crippen LogP) is 2.04. The van der Waals surface area contributed by atoms with Crippen LogP contribution < -0.4 is 10.6 Å². The summed E-state index contributed by atoms with van der Waals surface area (Å²) in [6.45, 7) is 0. The number of amides is 4. The molecule has 0 bridgehead atoms. The Bertz CT molecular complexity index is 1040. The number of urea groups is 1. The molecule has 1 aromatic heterocycles. The average Bonchev–Trinajstić information content (AvgIpc) is 3.21. The number of imide groups is 1. The predicted molar refractivity (Wildman–Crippen MR) is 94.5 cm³/mol. The minimum absolute atomic E-state index is 0.280. The maximum atomic E-state index is 12.5. The molecule has 3 aromatic rings. The second-order valence-corrected chi connectivity index (χ2v) is 5.99. The number of benzene rings is 2. The second kappa shape index (κ2) is 5.99. The number of rotatable bonds is 3. The normalized spacial score (nSPS) is 16.8. The van der Waals surface area contributed by atoms with Crippen LogP contribution in [0.25, 0.3) is 11.0 Å². The number of imidazole rings is 1. The van der Waals surface area contributed by atoms with Gasteiger partial charge in [-0.3, -0.25) is 14.5 Å². The smallest absolute Gasteiger partial charge is 0.324 e. The molecule has 130 valence electrons. The van der Waals surface area contributed by atoms with E-state index in [1.54, 1.807) is 48.8 Å². The Kier molecular flexibility index (Phi) is 3.65. The number of aromatic amines is 1. The molecule has 1 aliphatic rings. The molecule has 0 saturated carbocycles. The monoisotopic (exact) mass is 349 g/mol. The number of carbonyl (C=O) groups is 3. The SMILES string of the molecule is CN1C(=O)NC(c2cccc(NC(=O)c3ccc4nc[nH]c4c3)c2)C1=O. The van der Waals surface area contributed by atoms with E-state index in [0.29, 0.717) is 16.8 Å². The van der Waals surface area contributed by atoms with E-state index in [4.69, 9.17) is 0 Å². The largest absolute Gasteiger partial charge is 0.345 e. The van der Waals surface area contributed by atoms with Crippen molar-refractivity contribution in [2.24, 2.45) is 0 Å². The molecule has 1 aliphatic heterocycles. The minimum Gasteiger partial charge on any atom is -0.345 e. The number of hydrogen-bond donors (Lipinski definition) is 3. The highest BCUT2D eigenvalue weighted by atomic mass is 16.2. The number of aromatic nitrogens is 2. The van der Waals surface area contributed by atoms with Crippen molar-refractivity contribution in [2.75, 3.05) is 12.4 Å². The summed E-state index contributed by atoms with van der Waals surface area (Å²) in [4.78, 5) is 44.3. The topological polar surface area (TPSA) is 107 Å². The quantitative estimate of drug-likeness (QED) is 0.629. The maximum Gasteiger partial charge on any atom is 0.324 e. The van der Waals surface area contributed by atoms with Crippen molar-refractivity contribution in [3.63, 3.8) is 0 Å². The van der Waals surface area contributed by atoms with Gasteiger partial charge in [0.15, 0.2) is 0 Å². The second-order valence-electron chi connectivity index (χ2n) is 5.99. The highest BCUT2D eigenvalue weighted by Gasteiger charge is 2.36. The van der Waals surface area contributed by atoms with Crippen molar-refractivity contribution in [1.82, 2.24) is 20.2 Å². The van der Waals surface area contributed by atoms with Crippen LogP contribution in [0, 0.1) is 0 Å². The van der Waals surface area contributed by atoms with E-state index in [9.17, 15) is 14.4 Å². The van der Waals surface area contributed by atoms with Gasteiger partial charge in [-0.15, -0.1) is 0 Å². The highest BCUT2D eigenvalue weighted by molar-refractivity contribution is 6.06. The van der Waals surface area contributed by atoms with E-state index < -0.39 is 12.1 Å². The van der Waals surface area contributed by atoms with Gasteiger partial charge in [-0.1, -0.05) is 12.1 Å². The molecule has 2 aromatic carbocycles. The number of likely N-dealkylation sites (N-methyl/N-ethyl adjacent to an activating group) is 1. The van der Waals surface area contributed by atoms with Gasteiger partial charge in [0.2, 0.25) is 0 Å². The molecule has 1 atom stereocenters. The van der Waals surface area contributed by atoms with E-state index in [2.05, 4.69) is 20.6 Å². The highest BCUT2D eigenvalue weighted by Crippen LogP contribution is 2.24. The van der Waals surface area contributed by atoms with Crippen LogP contribution in [0.1, 0.15) is 22.0 Å². The van der Waals surface area contributed by atoms with E-state index >= 15 is 0 Å². The van der Waals surface area contributed by atoms with Crippen molar-refractivity contribution in [1.29, 1.82) is 0 Å². The fourth-order valence-corrected chi connectivity index (χ4v) is 2.88. The fraction of sp³-hybridized carbons (Fsp3) is 0.111. The minimum atomic E-state index is -0.745. The van der Waals surface area contributed by atoms with Crippen LogP contribution in [-0.2, 0) is 4.79 Å². The van der Waals surface area contributed by atoms with Gasteiger partial charge in [0.05, 0.1) is 17.4 Å². The number of nitrogens with zero attached hydrogens (tertiary/aromatic N) is 2. The number of anilines is 1. The first kappa shape index (κ1) is 15.8. The molecular weight excluding hydrogens is 334 g/mol. The van der Waals surface area contributed by atoms with Crippen LogP contribution in [0.15, 0.2) is 48.8 Å². The third kappa shape index (κ3) is 2.67. The third-order valence-corrected chi connectivity index (χ3v) is 4.31. The zero-order valence-electron chi connectivity index (χ0n) is 13.8. The fourth-order valence-electron chi connectivity index (χ4n) is 2.88. The summed E-state index contributed by atoms with van der Waals surface area (Å²) < 4.78 is 0. The number of carbonyl (C=O) groups excluding carboxylic acids is 3. The van der Waals surface area contributed by atoms with Crippen LogP contribution >= 0.6 is 0 Å². The van der Waals surface area contributed by atoms with Gasteiger partial charge in [0.1, 0.15) is 6.04 Å². The lowest BCUT2D eigenvalue weighted by Gasteiger charge is -2.11. The van der Waals surface area contributed by atoms with Gasteiger partial charge in [-0.25, -0.2) is 9.78 Å². The van der Waals surface area contributed by atoms with Crippen molar-refractivity contribution in [2.45, 2.75) is 6.04 Å². The zero-order chi connectivity index (χ0) is 18.3. The van der Waals surface area contributed by atoms with Crippen molar-refractivity contribution < 1.29 is 14.4 Å². The molecule has 2 heterocycles. The van der Waals surface area contributed by atoms with Crippen molar-refractivity contribution in [3.8, 4) is 0 Å². The first-order chi connectivity index (χ1) is 12.5. The van der Waals surface area contributed by atoms with E-state index in [-0.39, 0.29) is 11.8 Å². The van der Waals surface area contributed by atoms with Gasteiger partial charge >= 0.3 is 6.03 Å². The van der Waals surface area contributed by atoms with Crippen molar-refractivity contribution >= 4 is 34.6 Å². The Morgan fingerprint density at radius 1 is 1.19 bits per heavy atom. The van der Waals surface area contributed by atoms with Crippen LogP contribution in [0.3, 0.4) is 0 Å². The maximum absolute atomic E-state index is 12.5. The molecule has 1 unspecified atom stereocenters. The molecule has 0 radical (unpaired) electrons. The molecule has 4 rings (SSSR count). The number of nitrogens with one attached hydrogen (secondary N) is 3. The lowest BCUT2D eigenvalue weighted by atomic mass is 10.1. The summed E-state index contributed by atoms with van der Waals surface area (Å²) >= 11 is 0. The lowest BCUT2D eigenvalue weighted by Crippen LogP contribution is -2.25. The first-order valence-electron chi connectivity index (χ1n) is 7.95. The Labute approximate surface area is 148 Å². The zero-order valence-corrected chi connectivity index (χ0v) is 13.8. The third-order valence-electron chi connectivity index (χ3n) is 4.31. The Morgan fingerprint density at radius 2 is 2.04 bits per heavy atom. The Morgan fingerprint density at radius 3 is 2.81 bits per heavy atom. The van der Waals surface area contributed by atoms with Crippen molar-refractivity contribution in [3.05, 3.63) is 59.9 Å². The molecule has 0 spiro atoms. The molecule has 3 N–H and O–H groups in total. The van der Waals surface area contributed by atoms with Gasteiger partial charge in [0, 0.05) is 18.3 Å². The first-order valence-corrected chi connectivity index (χ1v) is 7.95. The summed E-state index contributed by atoms with van der Waals surface area (Å²) in [5.74, 6) is -0.610. The summed E-state index contributed by atoms with van der Waals surface area (Å²) in [5.41, 5.74) is 3.18. The number of fused-ring (bicyclic) bond motifs is 1. The molecule has 8 heteroatoms. The summed E-state index contributed by atoms with van der Waals surface area (Å²) in [6, 6.07) is 10.8. The number of hydrogen-bond acceptors (Lipinski definition) is 4. The van der Waals surface area contributed by atoms with Crippen LogP contribution in [0.2, 0.25) is 0 Å². The van der Waals surface area contributed by atoms with Gasteiger partial charge < -0.3 is 15.6 Å². The van der Waals surface area contributed by atoms with Gasteiger partial charge in [-0.2, -0.15) is 0 Å². The lowest BCUT2D eigenvalue weighted by molar-refractivity contribution is -0.126. The van der Waals surface area contributed by atoms with Crippen LogP contribution in [0.4, 0.5) is 10.5 Å². The van der Waals surface area contributed by atoms with Gasteiger partial charge in [-0.05, 0) is 35.9 Å². The average molecular weight is 349 g/mol. The summed E-state index contributed by atoms with van der Waals surface area (Å²) in [7, 11) is 1.43. The van der Waals surface area contributed by atoms with E-state index in [1.165, 1.54) is 7.05 Å². The molecular formula is C18H15N5O3. The molecule has 8 nitrogen and oxygen atoms in total. The molecule has 4 amide bonds. The number of H-pyrrole nitrogens is 1. The standard InChI is InChI=1S/C18H15N5O3/c1-23-17(25)15(22-18(23)26)10-3-2-4-12(7-10)21-16(24)11-5-6-13-14(8-11)20-9-19-13/h2-9,15H,1H3,(H,19,20)(H,21,24)(H,22,26). The summed E-state index contributed by atoms with van der Waals surface area (Å²) in [5, 5.41) is 5.42. The molecule has 0 aliphatic carbocycles. The van der Waals surface area contributed by atoms with Gasteiger partial charge in [0.25, 0.3) is 11.8 Å². The summed E-state index contributed by atoms with van der Waals surface area (Å²) in [6.07, 6.45) is 1.57. The Hall–Kier alpha value is -3.68. The molecule has 1 fully saturated rings. The van der Waals surface area contributed by atoms with Crippen LogP contribution in [0.5, 0.6) is 0 Å². The molecule has 1 saturated heterocycles. The Balaban J connectivity index is 1.56. The molecule has 26 heavy (non-hydrogen) atoms.